The number of hydrogen-bond donors (Lipinski definition) is 0. The van der Waals surface area contributed by atoms with Crippen molar-refractivity contribution in [2.24, 2.45) is 5.92 Å². The van der Waals surface area contributed by atoms with Gasteiger partial charge < -0.3 is 4.57 Å². The minimum atomic E-state index is 0.763. The highest BCUT2D eigenvalue weighted by molar-refractivity contribution is 9.10. The van der Waals surface area contributed by atoms with Gasteiger partial charge in [-0.2, -0.15) is 0 Å². The Morgan fingerprint density at radius 1 is 1.04 bits per heavy atom. The lowest BCUT2D eigenvalue weighted by atomic mass is 9.94. The third-order valence-corrected chi connectivity index (χ3v) is 5.46. The predicted molar refractivity (Wildman–Crippen MR) is 109 cm³/mol. The summed E-state index contributed by atoms with van der Waals surface area (Å²) >= 11 is 3.64. The number of benzene rings is 2. The van der Waals surface area contributed by atoms with E-state index < -0.39 is 0 Å². The zero-order valence-electron chi connectivity index (χ0n) is 14.4. The lowest BCUT2D eigenvalue weighted by Gasteiger charge is -2.17. The second-order valence-electron chi connectivity index (χ2n) is 6.71. The highest BCUT2D eigenvalue weighted by atomic mass is 79.9. The maximum absolute atomic E-state index is 3.64. The molecule has 1 aromatic heterocycles. The summed E-state index contributed by atoms with van der Waals surface area (Å²) in [6.07, 6.45) is 5.20. The normalized spacial score (nSPS) is 13.0. The van der Waals surface area contributed by atoms with E-state index in [1.807, 2.05) is 0 Å². The molecule has 0 N–H and O–H groups in total. The summed E-state index contributed by atoms with van der Waals surface area (Å²) in [4.78, 5) is 0. The van der Waals surface area contributed by atoms with Crippen molar-refractivity contribution >= 4 is 51.0 Å². The first kappa shape index (κ1) is 16.6. The first-order valence-electron chi connectivity index (χ1n) is 8.82. The van der Waals surface area contributed by atoms with E-state index in [0.717, 1.165) is 16.9 Å². The quantitative estimate of drug-likeness (QED) is 0.537. The Hall–Kier alpha value is -1.22. The van der Waals surface area contributed by atoms with Crippen molar-refractivity contribution in [3.05, 3.63) is 40.9 Å². The molecular weight excluding hydrogens is 345 g/mol. The number of rotatable bonds is 6. The van der Waals surface area contributed by atoms with E-state index in [9.17, 15) is 0 Å². The lowest BCUT2D eigenvalue weighted by molar-refractivity contribution is 0.401. The molecule has 1 heterocycles. The van der Waals surface area contributed by atoms with Crippen molar-refractivity contribution in [1.82, 2.24) is 4.57 Å². The number of fused-ring (bicyclic) bond motifs is 3. The van der Waals surface area contributed by atoms with Crippen molar-refractivity contribution in [3.8, 4) is 0 Å². The van der Waals surface area contributed by atoms with Gasteiger partial charge in [-0.3, -0.25) is 0 Å². The van der Waals surface area contributed by atoms with Crippen molar-refractivity contribution in [2.45, 2.75) is 46.1 Å². The van der Waals surface area contributed by atoms with Crippen LogP contribution < -0.4 is 5.46 Å². The first-order chi connectivity index (χ1) is 11.1. The fraction of sp³-hybridized carbons (Fsp3) is 0.400. The standard InChI is InChI=1S/C20H25BBrN/c1-3-5-6-14(4-2)13-23-19-9-7-15(21)11-17(19)18-12-16(22)8-10-20(18)23/h7-12,14H,3-6,13,21H2,1-2H3. The van der Waals surface area contributed by atoms with Crippen LogP contribution in [0, 0.1) is 5.92 Å². The number of unbranched alkanes of at least 4 members (excludes halogenated alkanes) is 1. The van der Waals surface area contributed by atoms with Crippen molar-refractivity contribution in [3.63, 3.8) is 0 Å². The molecule has 0 aliphatic carbocycles. The molecule has 0 aliphatic rings. The average molecular weight is 370 g/mol. The maximum atomic E-state index is 3.64. The number of nitrogens with zero attached hydrogens (tertiary/aromatic N) is 1. The van der Waals surface area contributed by atoms with Crippen molar-refractivity contribution < 1.29 is 0 Å². The molecular formula is C20H25BBrN. The number of halogens is 1. The monoisotopic (exact) mass is 369 g/mol. The van der Waals surface area contributed by atoms with Gasteiger partial charge in [-0.1, -0.05) is 66.6 Å². The minimum Gasteiger partial charge on any atom is -0.340 e. The molecule has 0 fully saturated rings. The van der Waals surface area contributed by atoms with Gasteiger partial charge in [-0.05, 0) is 36.6 Å². The van der Waals surface area contributed by atoms with Gasteiger partial charge in [0.1, 0.15) is 7.85 Å². The molecule has 0 aliphatic heterocycles. The molecule has 23 heavy (non-hydrogen) atoms. The van der Waals surface area contributed by atoms with Gasteiger partial charge in [0.25, 0.3) is 0 Å². The van der Waals surface area contributed by atoms with E-state index in [0.29, 0.717) is 0 Å². The van der Waals surface area contributed by atoms with E-state index in [4.69, 9.17) is 0 Å². The SMILES string of the molecule is Bc1ccc2c(c1)c1cc(Br)ccc1n2CC(CC)CCCC. The summed E-state index contributed by atoms with van der Waals surface area (Å²) in [5.41, 5.74) is 4.07. The van der Waals surface area contributed by atoms with Gasteiger partial charge in [-0.25, -0.2) is 0 Å². The summed E-state index contributed by atoms with van der Waals surface area (Å²) in [6.45, 7) is 5.74. The van der Waals surface area contributed by atoms with E-state index in [2.05, 4.69) is 78.6 Å². The molecule has 0 saturated heterocycles. The molecule has 0 amide bonds. The topological polar surface area (TPSA) is 4.93 Å². The first-order valence-corrected chi connectivity index (χ1v) is 9.61. The van der Waals surface area contributed by atoms with Crippen LogP contribution in [-0.4, -0.2) is 12.4 Å². The Morgan fingerprint density at radius 3 is 2.43 bits per heavy atom. The molecule has 1 unspecified atom stereocenters. The van der Waals surface area contributed by atoms with Crippen LogP contribution in [-0.2, 0) is 6.54 Å². The Morgan fingerprint density at radius 2 is 1.74 bits per heavy atom. The van der Waals surface area contributed by atoms with Gasteiger partial charge in [0.15, 0.2) is 0 Å². The minimum absolute atomic E-state index is 0.763. The van der Waals surface area contributed by atoms with Crippen LogP contribution in [0.2, 0.25) is 0 Å². The molecule has 0 spiro atoms. The van der Waals surface area contributed by atoms with Gasteiger partial charge in [0.2, 0.25) is 0 Å². The van der Waals surface area contributed by atoms with Crippen LogP contribution in [0.4, 0.5) is 0 Å². The van der Waals surface area contributed by atoms with Crippen LogP contribution in [0.1, 0.15) is 39.5 Å². The number of aromatic nitrogens is 1. The highest BCUT2D eigenvalue weighted by Gasteiger charge is 2.14. The molecule has 1 atom stereocenters. The highest BCUT2D eigenvalue weighted by Crippen LogP contribution is 2.32. The van der Waals surface area contributed by atoms with Crippen molar-refractivity contribution in [1.29, 1.82) is 0 Å². The zero-order chi connectivity index (χ0) is 16.4. The van der Waals surface area contributed by atoms with Gasteiger partial charge in [0, 0.05) is 32.8 Å². The van der Waals surface area contributed by atoms with E-state index in [1.54, 1.807) is 0 Å². The molecule has 3 heteroatoms. The van der Waals surface area contributed by atoms with Crippen LogP contribution in [0.3, 0.4) is 0 Å². The second kappa shape index (κ2) is 7.13. The molecule has 0 bridgehead atoms. The molecule has 3 aromatic rings. The van der Waals surface area contributed by atoms with Crippen LogP contribution in [0.25, 0.3) is 21.8 Å². The van der Waals surface area contributed by atoms with E-state index in [1.165, 1.54) is 53.0 Å². The maximum Gasteiger partial charge on any atom is 0.139 e. The van der Waals surface area contributed by atoms with Crippen LogP contribution in [0.15, 0.2) is 40.9 Å². The summed E-state index contributed by atoms with van der Waals surface area (Å²) in [5.74, 6) is 0.763. The average Bonchev–Trinajstić information content (AvgIpc) is 2.84. The molecule has 3 rings (SSSR count). The lowest BCUT2D eigenvalue weighted by Crippen LogP contribution is -2.10. The largest absolute Gasteiger partial charge is 0.340 e. The molecule has 0 saturated carbocycles. The fourth-order valence-corrected chi connectivity index (χ4v) is 3.92. The Bertz CT molecular complexity index is 762. The third kappa shape index (κ3) is 3.35. The van der Waals surface area contributed by atoms with Crippen LogP contribution in [0.5, 0.6) is 0 Å². The van der Waals surface area contributed by atoms with Gasteiger partial charge in [-0.15, -0.1) is 0 Å². The Labute approximate surface area is 148 Å². The molecule has 120 valence electrons. The summed E-state index contributed by atoms with van der Waals surface area (Å²) < 4.78 is 3.70. The predicted octanol–water partition coefficient (Wildman–Crippen LogP) is 5.03. The van der Waals surface area contributed by atoms with E-state index in [-0.39, 0.29) is 0 Å². The number of hydrogen-bond acceptors (Lipinski definition) is 0. The van der Waals surface area contributed by atoms with Gasteiger partial charge in [0.05, 0.1) is 0 Å². The Balaban J connectivity index is 2.13. The summed E-state index contributed by atoms with van der Waals surface area (Å²) in [7, 11) is 2.18. The molecule has 2 aromatic carbocycles. The molecule has 0 radical (unpaired) electrons. The molecule has 1 nitrogen and oxygen atoms in total. The van der Waals surface area contributed by atoms with Gasteiger partial charge >= 0.3 is 0 Å². The zero-order valence-corrected chi connectivity index (χ0v) is 16.0. The fourth-order valence-electron chi connectivity index (χ4n) is 3.56. The smallest absolute Gasteiger partial charge is 0.139 e. The van der Waals surface area contributed by atoms with Crippen molar-refractivity contribution in [2.75, 3.05) is 0 Å². The summed E-state index contributed by atoms with van der Waals surface area (Å²) in [5, 5.41) is 2.75. The Kier molecular flexibility index (Phi) is 5.16. The third-order valence-electron chi connectivity index (χ3n) is 4.97. The summed E-state index contributed by atoms with van der Waals surface area (Å²) in [6, 6.07) is 13.6. The van der Waals surface area contributed by atoms with Crippen LogP contribution >= 0.6 is 15.9 Å². The van der Waals surface area contributed by atoms with E-state index >= 15 is 0 Å². The second-order valence-corrected chi connectivity index (χ2v) is 7.62.